The van der Waals surface area contributed by atoms with Crippen LogP contribution in [0.2, 0.25) is 0 Å². The van der Waals surface area contributed by atoms with Gasteiger partial charge in [-0.25, -0.2) is 0 Å². The summed E-state index contributed by atoms with van der Waals surface area (Å²) in [4.78, 5) is 2.25. The zero-order chi connectivity index (χ0) is 20.6. The van der Waals surface area contributed by atoms with E-state index in [9.17, 15) is 9.67 Å². The van der Waals surface area contributed by atoms with Crippen molar-refractivity contribution < 1.29 is 18.7 Å². The molecule has 5 nitrogen and oxygen atoms in total. The molecular weight excluding hydrogens is 373 g/mol. The molecule has 28 heavy (non-hydrogen) atoms. The van der Waals surface area contributed by atoms with Crippen LogP contribution in [0.15, 0.2) is 60.7 Å². The maximum Gasteiger partial charge on any atom is 0.332 e. The minimum atomic E-state index is -3.31. The molecule has 1 N–H and O–H groups in total. The molecular formula is C22H32NO4P. The van der Waals surface area contributed by atoms with Crippen molar-refractivity contribution in [1.82, 2.24) is 4.90 Å². The third kappa shape index (κ3) is 6.54. The van der Waals surface area contributed by atoms with Gasteiger partial charge in [0.25, 0.3) is 0 Å². The standard InChI is InChI=1S/C22H32NO4P/c1-18(2)22(21(24)17-28(25,26-3)27-4)23(15-19-11-7-5-8-12-19)16-20-13-9-6-10-14-20/h5-14,18,21-22,24H,15-17H2,1-4H3/t21-,22-/m0/s1. The summed E-state index contributed by atoms with van der Waals surface area (Å²) in [6, 6.07) is 20.2. The number of nitrogens with zero attached hydrogens (tertiary/aromatic N) is 1. The maximum absolute atomic E-state index is 12.6. The van der Waals surface area contributed by atoms with E-state index in [2.05, 4.69) is 43.0 Å². The fourth-order valence-corrected chi connectivity index (χ4v) is 4.69. The van der Waals surface area contributed by atoms with E-state index >= 15 is 0 Å². The number of aliphatic hydroxyl groups is 1. The summed E-state index contributed by atoms with van der Waals surface area (Å²) >= 11 is 0. The average molecular weight is 405 g/mol. The highest BCUT2D eigenvalue weighted by atomic mass is 31.2. The summed E-state index contributed by atoms with van der Waals surface area (Å²) < 4.78 is 22.7. The highest BCUT2D eigenvalue weighted by Crippen LogP contribution is 2.47. The molecule has 0 amide bonds. The van der Waals surface area contributed by atoms with Crippen LogP contribution in [0.25, 0.3) is 0 Å². The lowest BCUT2D eigenvalue weighted by Gasteiger charge is -2.38. The van der Waals surface area contributed by atoms with Gasteiger partial charge in [-0.05, 0) is 17.0 Å². The molecule has 0 fully saturated rings. The average Bonchev–Trinajstić information content (AvgIpc) is 2.69. The van der Waals surface area contributed by atoms with E-state index in [1.807, 2.05) is 36.4 Å². The molecule has 2 rings (SSSR count). The van der Waals surface area contributed by atoms with Crippen molar-refractivity contribution in [1.29, 1.82) is 0 Å². The summed E-state index contributed by atoms with van der Waals surface area (Å²) in [7, 11) is -0.604. The van der Waals surface area contributed by atoms with Gasteiger partial charge < -0.3 is 14.2 Å². The number of rotatable bonds is 11. The molecule has 2 aromatic carbocycles. The fourth-order valence-electron chi connectivity index (χ4n) is 3.57. The lowest BCUT2D eigenvalue weighted by atomic mass is 9.96. The second-order valence-corrected chi connectivity index (χ2v) is 9.65. The van der Waals surface area contributed by atoms with Crippen LogP contribution in [-0.2, 0) is 26.7 Å². The Morgan fingerprint density at radius 2 is 1.32 bits per heavy atom. The molecule has 0 bridgehead atoms. The van der Waals surface area contributed by atoms with Gasteiger partial charge in [0.2, 0.25) is 0 Å². The molecule has 0 aromatic heterocycles. The van der Waals surface area contributed by atoms with Gasteiger partial charge >= 0.3 is 7.60 Å². The van der Waals surface area contributed by atoms with Crippen LogP contribution in [0.5, 0.6) is 0 Å². The molecule has 0 aliphatic carbocycles. The normalized spacial score (nSPS) is 14.4. The van der Waals surface area contributed by atoms with Gasteiger partial charge in [-0.2, -0.15) is 0 Å². The zero-order valence-corrected chi connectivity index (χ0v) is 18.1. The minimum absolute atomic E-state index is 0.0388. The number of hydrogen-bond donors (Lipinski definition) is 1. The fraction of sp³-hybridized carbons (Fsp3) is 0.455. The number of aliphatic hydroxyl groups excluding tert-OH is 1. The molecule has 0 saturated carbocycles. The predicted molar refractivity (Wildman–Crippen MR) is 113 cm³/mol. The molecule has 0 heterocycles. The summed E-state index contributed by atoms with van der Waals surface area (Å²) in [6.07, 6.45) is -0.888. The van der Waals surface area contributed by atoms with Crippen molar-refractivity contribution >= 4 is 7.60 Å². The predicted octanol–water partition coefficient (Wildman–Crippen LogP) is 4.56. The van der Waals surface area contributed by atoms with Gasteiger partial charge in [0, 0.05) is 33.4 Å². The highest BCUT2D eigenvalue weighted by Gasteiger charge is 2.35. The Balaban J connectivity index is 2.31. The van der Waals surface area contributed by atoms with Gasteiger partial charge in [0.15, 0.2) is 0 Å². The van der Waals surface area contributed by atoms with E-state index < -0.39 is 13.7 Å². The van der Waals surface area contributed by atoms with Crippen LogP contribution in [-0.4, -0.2) is 42.5 Å². The number of benzene rings is 2. The highest BCUT2D eigenvalue weighted by molar-refractivity contribution is 7.53. The van der Waals surface area contributed by atoms with Crippen LogP contribution in [0.1, 0.15) is 25.0 Å². The van der Waals surface area contributed by atoms with E-state index in [0.29, 0.717) is 13.1 Å². The summed E-state index contributed by atoms with van der Waals surface area (Å²) in [6.45, 7) is 5.50. The molecule has 0 unspecified atom stereocenters. The Hall–Kier alpha value is -1.49. The first kappa shape index (κ1) is 22.8. The minimum Gasteiger partial charge on any atom is -0.391 e. The Labute approximate surface area is 168 Å². The molecule has 0 spiro atoms. The van der Waals surface area contributed by atoms with Crippen molar-refractivity contribution in [2.75, 3.05) is 20.4 Å². The topological polar surface area (TPSA) is 59.0 Å². The molecule has 0 radical (unpaired) electrons. The lowest BCUT2D eigenvalue weighted by Crippen LogP contribution is -2.47. The first-order valence-electron chi connectivity index (χ1n) is 9.59. The molecule has 6 heteroatoms. The van der Waals surface area contributed by atoms with Gasteiger partial charge in [-0.1, -0.05) is 74.5 Å². The quantitative estimate of drug-likeness (QED) is 0.556. The van der Waals surface area contributed by atoms with Crippen LogP contribution >= 0.6 is 7.60 Å². The van der Waals surface area contributed by atoms with Crippen molar-refractivity contribution in [3.8, 4) is 0 Å². The largest absolute Gasteiger partial charge is 0.391 e. The Kier molecular flexibility index (Phi) is 8.87. The van der Waals surface area contributed by atoms with Crippen LogP contribution in [0, 0.1) is 5.92 Å². The van der Waals surface area contributed by atoms with Gasteiger partial charge in [-0.15, -0.1) is 0 Å². The van der Waals surface area contributed by atoms with Crippen molar-refractivity contribution in [2.24, 2.45) is 5.92 Å². The lowest BCUT2D eigenvalue weighted by molar-refractivity contribution is 0.0232. The third-order valence-electron chi connectivity index (χ3n) is 4.92. The monoisotopic (exact) mass is 405 g/mol. The number of hydrogen-bond acceptors (Lipinski definition) is 5. The first-order valence-corrected chi connectivity index (χ1v) is 11.3. The smallest absolute Gasteiger partial charge is 0.332 e. The van der Waals surface area contributed by atoms with E-state index in [0.717, 1.165) is 11.1 Å². The molecule has 0 saturated heterocycles. The summed E-state index contributed by atoms with van der Waals surface area (Å²) in [5.74, 6) is 0.143. The van der Waals surface area contributed by atoms with Gasteiger partial charge in [0.1, 0.15) is 0 Å². The van der Waals surface area contributed by atoms with E-state index in [4.69, 9.17) is 9.05 Å². The van der Waals surface area contributed by atoms with Crippen LogP contribution in [0.4, 0.5) is 0 Å². The molecule has 2 atom stereocenters. The first-order chi connectivity index (χ1) is 13.4. The van der Waals surface area contributed by atoms with E-state index in [1.165, 1.54) is 14.2 Å². The van der Waals surface area contributed by atoms with Crippen molar-refractivity contribution in [2.45, 2.75) is 39.1 Å². The van der Waals surface area contributed by atoms with Gasteiger partial charge in [0.05, 0.1) is 12.3 Å². The third-order valence-corrected chi connectivity index (χ3v) is 6.86. The Morgan fingerprint density at radius 3 is 1.68 bits per heavy atom. The van der Waals surface area contributed by atoms with Crippen molar-refractivity contribution in [3.63, 3.8) is 0 Å². The second-order valence-electron chi connectivity index (χ2n) is 7.34. The van der Waals surface area contributed by atoms with E-state index in [1.54, 1.807) is 0 Å². The molecule has 0 aliphatic rings. The Morgan fingerprint density at radius 1 is 0.893 bits per heavy atom. The SMILES string of the molecule is COP(=O)(C[C@H](O)[C@H](C(C)C)N(Cc1ccccc1)Cc1ccccc1)OC. The van der Waals surface area contributed by atoms with Gasteiger partial charge in [-0.3, -0.25) is 9.46 Å². The van der Waals surface area contributed by atoms with E-state index in [-0.39, 0.29) is 18.1 Å². The summed E-state index contributed by atoms with van der Waals surface area (Å²) in [5, 5.41) is 11.0. The molecule has 2 aromatic rings. The van der Waals surface area contributed by atoms with Crippen molar-refractivity contribution in [3.05, 3.63) is 71.8 Å². The van der Waals surface area contributed by atoms with Crippen LogP contribution in [0.3, 0.4) is 0 Å². The molecule has 154 valence electrons. The van der Waals surface area contributed by atoms with Crippen LogP contribution < -0.4 is 0 Å². The molecule has 0 aliphatic heterocycles. The maximum atomic E-state index is 12.6. The second kappa shape index (κ2) is 10.9. The summed E-state index contributed by atoms with van der Waals surface area (Å²) in [5.41, 5.74) is 2.33. The zero-order valence-electron chi connectivity index (χ0n) is 17.2. The Bertz CT molecular complexity index is 689.